The summed E-state index contributed by atoms with van der Waals surface area (Å²) >= 11 is 11.8. The molecule has 0 aliphatic carbocycles. The number of carbonyl (C=O) groups is 2. The lowest BCUT2D eigenvalue weighted by atomic mass is 9.93. The lowest BCUT2D eigenvalue weighted by Crippen LogP contribution is -2.24. The molecule has 3 atom stereocenters. The molecule has 114 valence electrons. The molecule has 0 spiro atoms. The van der Waals surface area contributed by atoms with Crippen molar-refractivity contribution >= 4 is 40.8 Å². The Bertz CT molecular complexity index is 562. The van der Waals surface area contributed by atoms with Crippen molar-refractivity contribution in [3.8, 4) is 0 Å². The van der Waals surface area contributed by atoms with E-state index in [4.69, 9.17) is 27.9 Å². The first kappa shape index (κ1) is 16.1. The summed E-state index contributed by atoms with van der Waals surface area (Å²) in [7, 11) is 0. The van der Waals surface area contributed by atoms with Gasteiger partial charge in [0.1, 0.15) is 0 Å². The fourth-order valence-electron chi connectivity index (χ4n) is 2.41. The van der Waals surface area contributed by atoms with Crippen LogP contribution in [-0.4, -0.2) is 18.0 Å². The SMILES string of the molecule is C[C@@H]1C[C@@H](C[C@@H](C)C(=O)Nc2ccc(Cl)cc2Cl)C(=O)O1. The van der Waals surface area contributed by atoms with E-state index in [1.165, 1.54) is 0 Å². The number of ether oxygens (including phenoxy) is 1. The van der Waals surface area contributed by atoms with Crippen LogP contribution in [0.3, 0.4) is 0 Å². The van der Waals surface area contributed by atoms with Crippen LogP contribution in [0.2, 0.25) is 10.0 Å². The summed E-state index contributed by atoms with van der Waals surface area (Å²) < 4.78 is 5.10. The third-order valence-corrected chi connectivity index (χ3v) is 4.09. The second kappa shape index (κ2) is 6.67. The molecule has 1 N–H and O–H groups in total. The summed E-state index contributed by atoms with van der Waals surface area (Å²) in [5, 5.41) is 3.65. The van der Waals surface area contributed by atoms with E-state index in [2.05, 4.69) is 5.32 Å². The Morgan fingerprint density at radius 2 is 2.19 bits per heavy atom. The number of hydrogen-bond donors (Lipinski definition) is 1. The van der Waals surface area contributed by atoms with Crippen molar-refractivity contribution < 1.29 is 14.3 Å². The highest BCUT2D eigenvalue weighted by atomic mass is 35.5. The molecule has 1 saturated heterocycles. The quantitative estimate of drug-likeness (QED) is 0.852. The molecule has 1 aromatic rings. The molecule has 1 heterocycles. The number of halogens is 2. The van der Waals surface area contributed by atoms with E-state index in [0.29, 0.717) is 28.6 Å². The Balaban J connectivity index is 1.95. The predicted octanol–water partition coefficient (Wildman–Crippen LogP) is 3.91. The van der Waals surface area contributed by atoms with Gasteiger partial charge in [-0.05, 0) is 38.0 Å². The first-order chi connectivity index (χ1) is 9.86. The normalized spacial score (nSPS) is 22.8. The van der Waals surface area contributed by atoms with Crippen LogP contribution in [-0.2, 0) is 14.3 Å². The van der Waals surface area contributed by atoms with Crippen molar-refractivity contribution in [1.29, 1.82) is 0 Å². The number of cyclic esters (lactones) is 1. The Kier molecular flexibility index (Phi) is 5.12. The van der Waals surface area contributed by atoms with Gasteiger partial charge in [0, 0.05) is 10.9 Å². The standard InChI is InChI=1S/C15H17Cl2NO3/c1-8(5-10-6-9(2)21-15(10)20)14(19)18-13-4-3-11(16)7-12(13)17/h3-4,7-10H,5-6H2,1-2H3,(H,18,19)/t8-,9-,10-/m1/s1. The number of amides is 1. The summed E-state index contributed by atoms with van der Waals surface area (Å²) in [5.74, 6) is -0.903. The van der Waals surface area contributed by atoms with Crippen molar-refractivity contribution in [1.82, 2.24) is 0 Å². The van der Waals surface area contributed by atoms with Gasteiger partial charge < -0.3 is 10.1 Å². The van der Waals surface area contributed by atoms with Crippen molar-refractivity contribution in [2.24, 2.45) is 11.8 Å². The minimum absolute atomic E-state index is 0.0662. The van der Waals surface area contributed by atoms with Gasteiger partial charge in [-0.1, -0.05) is 30.1 Å². The predicted molar refractivity (Wildman–Crippen MR) is 82.5 cm³/mol. The van der Waals surface area contributed by atoms with E-state index in [9.17, 15) is 9.59 Å². The second-order valence-electron chi connectivity index (χ2n) is 5.43. The van der Waals surface area contributed by atoms with Crippen molar-refractivity contribution in [2.75, 3.05) is 5.32 Å². The molecule has 2 rings (SSSR count). The van der Waals surface area contributed by atoms with E-state index in [0.717, 1.165) is 0 Å². The molecular formula is C15H17Cl2NO3. The van der Waals surface area contributed by atoms with Gasteiger partial charge in [-0.2, -0.15) is 0 Å². The number of rotatable bonds is 4. The highest BCUT2D eigenvalue weighted by Crippen LogP contribution is 2.29. The maximum atomic E-state index is 12.2. The number of esters is 1. The topological polar surface area (TPSA) is 55.4 Å². The molecule has 1 aromatic carbocycles. The minimum Gasteiger partial charge on any atom is -0.462 e. The third-order valence-electron chi connectivity index (χ3n) is 3.54. The highest BCUT2D eigenvalue weighted by Gasteiger charge is 2.34. The molecule has 0 saturated carbocycles. The number of carbonyl (C=O) groups excluding carboxylic acids is 2. The van der Waals surface area contributed by atoms with Gasteiger partial charge in [-0.15, -0.1) is 0 Å². The van der Waals surface area contributed by atoms with E-state index in [1.54, 1.807) is 25.1 Å². The average molecular weight is 330 g/mol. The van der Waals surface area contributed by atoms with Crippen LogP contribution >= 0.6 is 23.2 Å². The molecule has 21 heavy (non-hydrogen) atoms. The molecule has 6 heteroatoms. The largest absolute Gasteiger partial charge is 0.462 e. The Morgan fingerprint density at radius 3 is 2.76 bits per heavy atom. The van der Waals surface area contributed by atoms with E-state index < -0.39 is 0 Å². The Labute approximate surface area is 133 Å². The smallest absolute Gasteiger partial charge is 0.309 e. The zero-order chi connectivity index (χ0) is 15.6. The molecular weight excluding hydrogens is 313 g/mol. The summed E-state index contributed by atoms with van der Waals surface area (Å²) in [4.78, 5) is 23.8. The van der Waals surface area contributed by atoms with E-state index in [1.807, 2.05) is 6.92 Å². The van der Waals surface area contributed by atoms with Gasteiger partial charge >= 0.3 is 5.97 Å². The second-order valence-corrected chi connectivity index (χ2v) is 6.27. The van der Waals surface area contributed by atoms with Crippen LogP contribution in [0.4, 0.5) is 5.69 Å². The molecule has 0 unspecified atom stereocenters. The molecule has 0 bridgehead atoms. The number of benzene rings is 1. The van der Waals surface area contributed by atoms with Gasteiger partial charge in [-0.3, -0.25) is 9.59 Å². The highest BCUT2D eigenvalue weighted by molar-refractivity contribution is 6.36. The summed E-state index contributed by atoms with van der Waals surface area (Å²) in [6, 6.07) is 4.88. The number of hydrogen-bond acceptors (Lipinski definition) is 3. The molecule has 4 nitrogen and oxygen atoms in total. The average Bonchev–Trinajstić information content (AvgIpc) is 2.71. The molecule has 1 aliphatic heterocycles. The Hall–Kier alpha value is -1.26. The van der Waals surface area contributed by atoms with Crippen molar-refractivity contribution in [3.63, 3.8) is 0 Å². The maximum Gasteiger partial charge on any atom is 0.309 e. The molecule has 0 aromatic heterocycles. The molecule has 1 aliphatic rings. The van der Waals surface area contributed by atoms with Crippen LogP contribution in [0.5, 0.6) is 0 Å². The van der Waals surface area contributed by atoms with Crippen LogP contribution in [0.15, 0.2) is 18.2 Å². The first-order valence-corrected chi connectivity index (χ1v) is 7.59. The van der Waals surface area contributed by atoms with Crippen LogP contribution in [0.1, 0.15) is 26.7 Å². The van der Waals surface area contributed by atoms with Crippen molar-refractivity contribution in [2.45, 2.75) is 32.8 Å². The van der Waals surface area contributed by atoms with Gasteiger partial charge in [0.05, 0.1) is 22.7 Å². The van der Waals surface area contributed by atoms with Crippen LogP contribution in [0, 0.1) is 11.8 Å². The lowest BCUT2D eigenvalue weighted by molar-refractivity contribution is -0.144. The summed E-state index contributed by atoms with van der Waals surface area (Å²) in [6.45, 7) is 3.64. The fourth-order valence-corrected chi connectivity index (χ4v) is 2.87. The molecule has 1 fully saturated rings. The van der Waals surface area contributed by atoms with Gasteiger partial charge in [0.25, 0.3) is 0 Å². The third kappa shape index (κ3) is 4.11. The molecule has 0 radical (unpaired) electrons. The first-order valence-electron chi connectivity index (χ1n) is 6.83. The molecule has 1 amide bonds. The van der Waals surface area contributed by atoms with Crippen molar-refractivity contribution in [3.05, 3.63) is 28.2 Å². The zero-order valence-electron chi connectivity index (χ0n) is 11.9. The van der Waals surface area contributed by atoms with E-state index in [-0.39, 0.29) is 29.8 Å². The van der Waals surface area contributed by atoms with Gasteiger partial charge in [0.2, 0.25) is 5.91 Å². The summed E-state index contributed by atoms with van der Waals surface area (Å²) in [6.07, 6.45) is 1.07. The van der Waals surface area contributed by atoms with Crippen LogP contribution in [0.25, 0.3) is 0 Å². The van der Waals surface area contributed by atoms with Crippen LogP contribution < -0.4 is 5.32 Å². The van der Waals surface area contributed by atoms with Gasteiger partial charge in [-0.25, -0.2) is 0 Å². The zero-order valence-corrected chi connectivity index (χ0v) is 13.4. The monoisotopic (exact) mass is 329 g/mol. The van der Waals surface area contributed by atoms with Gasteiger partial charge in [0.15, 0.2) is 0 Å². The number of anilines is 1. The van der Waals surface area contributed by atoms with E-state index >= 15 is 0 Å². The fraction of sp³-hybridized carbons (Fsp3) is 0.467. The summed E-state index contributed by atoms with van der Waals surface area (Å²) in [5.41, 5.74) is 0.514. The minimum atomic E-state index is -0.306. The Morgan fingerprint density at radius 1 is 1.48 bits per heavy atom. The lowest BCUT2D eigenvalue weighted by Gasteiger charge is -2.15. The maximum absolute atomic E-state index is 12.2. The number of nitrogens with one attached hydrogen (secondary N) is 1.